The van der Waals surface area contributed by atoms with Gasteiger partial charge in [-0.15, -0.1) is 0 Å². The van der Waals surface area contributed by atoms with Crippen molar-refractivity contribution in [3.63, 3.8) is 0 Å². The summed E-state index contributed by atoms with van der Waals surface area (Å²) in [5.74, 6) is 2.20. The molecule has 0 spiro atoms. The minimum Gasteiger partial charge on any atom is -0.496 e. The summed E-state index contributed by atoms with van der Waals surface area (Å²) in [6, 6.07) is 12.1. The summed E-state index contributed by atoms with van der Waals surface area (Å²) in [7, 11) is 4.95. The van der Waals surface area contributed by atoms with E-state index in [4.69, 9.17) is 14.2 Å². The molecule has 0 atom stereocenters. The second kappa shape index (κ2) is 8.97. The first-order valence-electron chi connectivity index (χ1n) is 9.50. The van der Waals surface area contributed by atoms with Gasteiger partial charge < -0.3 is 19.3 Å². The smallest absolute Gasteiger partial charge is 0.221 e. The third kappa shape index (κ3) is 4.05. The van der Waals surface area contributed by atoms with Crippen molar-refractivity contribution in [2.24, 2.45) is 0 Å². The minimum absolute atomic E-state index is 0.0389. The van der Waals surface area contributed by atoms with Gasteiger partial charge in [0.05, 0.1) is 26.9 Å². The summed E-state index contributed by atoms with van der Waals surface area (Å²) >= 11 is 0. The van der Waals surface area contributed by atoms with Crippen LogP contribution in [0.15, 0.2) is 42.6 Å². The fourth-order valence-corrected chi connectivity index (χ4v) is 3.66. The number of methoxy groups -OCH3 is 3. The molecule has 0 aliphatic heterocycles. The number of hydrogen-bond donors (Lipinski definition) is 1. The van der Waals surface area contributed by atoms with Gasteiger partial charge >= 0.3 is 0 Å². The van der Waals surface area contributed by atoms with Gasteiger partial charge in [0.25, 0.3) is 0 Å². The van der Waals surface area contributed by atoms with Crippen molar-refractivity contribution in [1.82, 2.24) is 4.98 Å². The largest absolute Gasteiger partial charge is 0.496 e. The molecule has 3 rings (SSSR count). The fourth-order valence-electron chi connectivity index (χ4n) is 3.66. The molecule has 5 heteroatoms. The Bertz CT molecular complexity index is 1010. The first kappa shape index (κ1) is 20.7. The maximum atomic E-state index is 9.63. The van der Waals surface area contributed by atoms with Gasteiger partial charge in [-0.05, 0) is 77.9 Å². The molecule has 0 amide bonds. The van der Waals surface area contributed by atoms with Crippen molar-refractivity contribution in [2.75, 3.05) is 27.9 Å². The number of aromatic nitrogens is 1. The van der Waals surface area contributed by atoms with Crippen molar-refractivity contribution in [3.8, 4) is 39.6 Å². The standard InChI is InChI=1S/C24H27NO4/c1-15-12-17(6-8-20(15)27-3)22-19(10-11-26)14-25-24(29-5)23(22)18-7-9-21(28-4)16(2)13-18/h6-9,12-14,26H,10-11H2,1-5H3. The lowest BCUT2D eigenvalue weighted by molar-refractivity contribution is 0.299. The first-order valence-corrected chi connectivity index (χ1v) is 9.50. The molecule has 5 nitrogen and oxygen atoms in total. The second-order valence-electron chi connectivity index (χ2n) is 6.89. The lowest BCUT2D eigenvalue weighted by atomic mass is 9.89. The van der Waals surface area contributed by atoms with E-state index in [-0.39, 0.29) is 6.61 Å². The maximum absolute atomic E-state index is 9.63. The Hall–Kier alpha value is -3.05. The second-order valence-corrected chi connectivity index (χ2v) is 6.89. The Morgan fingerprint density at radius 3 is 1.79 bits per heavy atom. The average Bonchev–Trinajstić information content (AvgIpc) is 2.73. The van der Waals surface area contributed by atoms with Gasteiger partial charge in [-0.3, -0.25) is 0 Å². The summed E-state index contributed by atoms with van der Waals surface area (Å²) in [5, 5.41) is 9.63. The van der Waals surface area contributed by atoms with Crippen LogP contribution in [-0.4, -0.2) is 38.0 Å². The van der Waals surface area contributed by atoms with Crippen LogP contribution in [0.25, 0.3) is 22.3 Å². The zero-order chi connectivity index (χ0) is 21.0. The molecule has 152 valence electrons. The number of benzene rings is 2. The maximum Gasteiger partial charge on any atom is 0.221 e. The van der Waals surface area contributed by atoms with Crippen molar-refractivity contribution in [1.29, 1.82) is 0 Å². The minimum atomic E-state index is 0.0389. The zero-order valence-electron chi connectivity index (χ0n) is 17.6. The van der Waals surface area contributed by atoms with Crippen molar-refractivity contribution in [2.45, 2.75) is 20.3 Å². The molecule has 0 saturated carbocycles. The van der Waals surface area contributed by atoms with Crippen LogP contribution in [0, 0.1) is 13.8 Å². The van der Waals surface area contributed by atoms with Crippen LogP contribution in [0.4, 0.5) is 0 Å². The molecule has 0 unspecified atom stereocenters. The Labute approximate surface area is 171 Å². The van der Waals surface area contributed by atoms with Gasteiger partial charge in [0, 0.05) is 12.8 Å². The van der Waals surface area contributed by atoms with Crippen LogP contribution >= 0.6 is 0 Å². The Kier molecular flexibility index (Phi) is 6.39. The Balaban J connectivity index is 2.33. The highest BCUT2D eigenvalue weighted by molar-refractivity contribution is 5.89. The molecule has 0 aliphatic carbocycles. The molecule has 1 N–H and O–H groups in total. The van der Waals surface area contributed by atoms with E-state index < -0.39 is 0 Å². The lowest BCUT2D eigenvalue weighted by Gasteiger charge is -2.19. The number of aliphatic hydroxyl groups excluding tert-OH is 1. The number of aryl methyl sites for hydroxylation is 2. The highest BCUT2D eigenvalue weighted by atomic mass is 16.5. The topological polar surface area (TPSA) is 60.8 Å². The van der Waals surface area contributed by atoms with E-state index in [0.717, 1.165) is 50.4 Å². The van der Waals surface area contributed by atoms with E-state index in [0.29, 0.717) is 12.3 Å². The zero-order valence-corrected chi connectivity index (χ0v) is 17.6. The van der Waals surface area contributed by atoms with Crippen molar-refractivity contribution >= 4 is 0 Å². The van der Waals surface area contributed by atoms with E-state index in [1.165, 1.54) is 0 Å². The van der Waals surface area contributed by atoms with Gasteiger partial charge in [-0.1, -0.05) is 12.1 Å². The Morgan fingerprint density at radius 2 is 1.34 bits per heavy atom. The lowest BCUT2D eigenvalue weighted by Crippen LogP contribution is -2.02. The first-order chi connectivity index (χ1) is 14.0. The highest BCUT2D eigenvalue weighted by Crippen LogP contribution is 2.42. The SMILES string of the molecule is COc1ccc(-c2c(CCO)cnc(OC)c2-c2ccc(OC)c(C)c2)cc1C. The number of aliphatic hydroxyl groups is 1. The summed E-state index contributed by atoms with van der Waals surface area (Å²) in [6.45, 7) is 4.07. The van der Waals surface area contributed by atoms with Gasteiger partial charge in [0.1, 0.15) is 11.5 Å². The molecule has 1 heterocycles. The molecule has 29 heavy (non-hydrogen) atoms. The van der Waals surface area contributed by atoms with Gasteiger partial charge in [0.2, 0.25) is 5.88 Å². The molecule has 1 aromatic heterocycles. The Morgan fingerprint density at radius 1 is 0.793 bits per heavy atom. The van der Waals surface area contributed by atoms with E-state index in [1.54, 1.807) is 27.5 Å². The van der Waals surface area contributed by atoms with Gasteiger partial charge in [-0.2, -0.15) is 0 Å². The molecule has 0 aliphatic rings. The average molecular weight is 393 g/mol. The summed E-state index contributed by atoms with van der Waals surface area (Å²) in [6.07, 6.45) is 2.28. The quantitative estimate of drug-likeness (QED) is 0.636. The fraction of sp³-hybridized carbons (Fsp3) is 0.292. The van der Waals surface area contributed by atoms with Crippen LogP contribution in [0.2, 0.25) is 0 Å². The van der Waals surface area contributed by atoms with E-state index in [1.807, 2.05) is 38.1 Å². The normalized spacial score (nSPS) is 10.7. The van der Waals surface area contributed by atoms with Crippen LogP contribution in [-0.2, 0) is 6.42 Å². The third-order valence-electron chi connectivity index (χ3n) is 5.06. The van der Waals surface area contributed by atoms with E-state index in [9.17, 15) is 5.11 Å². The van der Waals surface area contributed by atoms with Crippen LogP contribution in [0.5, 0.6) is 17.4 Å². The predicted molar refractivity (Wildman–Crippen MR) is 115 cm³/mol. The van der Waals surface area contributed by atoms with Crippen LogP contribution in [0.3, 0.4) is 0 Å². The molecular formula is C24H27NO4. The van der Waals surface area contributed by atoms with Crippen LogP contribution in [0.1, 0.15) is 16.7 Å². The highest BCUT2D eigenvalue weighted by Gasteiger charge is 2.20. The molecular weight excluding hydrogens is 366 g/mol. The molecule has 0 bridgehead atoms. The summed E-state index contributed by atoms with van der Waals surface area (Å²) < 4.78 is 16.5. The predicted octanol–water partition coefficient (Wildman–Crippen LogP) is 4.59. The molecule has 3 aromatic rings. The number of pyridine rings is 1. The van der Waals surface area contributed by atoms with Crippen molar-refractivity contribution < 1.29 is 19.3 Å². The number of nitrogens with zero attached hydrogens (tertiary/aromatic N) is 1. The van der Waals surface area contributed by atoms with Gasteiger partial charge in [-0.25, -0.2) is 4.98 Å². The van der Waals surface area contributed by atoms with Crippen LogP contribution < -0.4 is 14.2 Å². The van der Waals surface area contributed by atoms with Crippen molar-refractivity contribution in [3.05, 3.63) is 59.3 Å². The van der Waals surface area contributed by atoms with Gasteiger partial charge in [0.15, 0.2) is 0 Å². The summed E-state index contributed by atoms with van der Waals surface area (Å²) in [5.41, 5.74) is 6.92. The van der Waals surface area contributed by atoms with E-state index in [2.05, 4.69) is 17.1 Å². The molecule has 0 saturated heterocycles. The number of rotatable bonds is 7. The van der Waals surface area contributed by atoms with E-state index >= 15 is 0 Å². The summed E-state index contributed by atoms with van der Waals surface area (Å²) in [4.78, 5) is 4.52. The monoisotopic (exact) mass is 393 g/mol. The number of ether oxygens (including phenoxy) is 3. The molecule has 2 aromatic carbocycles. The third-order valence-corrected chi connectivity index (χ3v) is 5.06. The molecule has 0 radical (unpaired) electrons. The number of hydrogen-bond acceptors (Lipinski definition) is 5. The molecule has 0 fully saturated rings.